The lowest BCUT2D eigenvalue weighted by molar-refractivity contribution is -0.117. The van der Waals surface area contributed by atoms with E-state index in [1.54, 1.807) is 12.1 Å². The molecule has 0 radical (unpaired) electrons. The van der Waals surface area contributed by atoms with E-state index >= 15 is 0 Å². The second kappa shape index (κ2) is 9.90. The zero-order chi connectivity index (χ0) is 23.6. The van der Waals surface area contributed by atoms with Crippen molar-refractivity contribution in [3.8, 4) is 11.3 Å². The lowest BCUT2D eigenvalue weighted by Gasteiger charge is -2.33. The van der Waals surface area contributed by atoms with Gasteiger partial charge < -0.3 is 5.32 Å². The molecule has 7 nitrogen and oxygen atoms in total. The molecule has 2 aromatic carbocycles. The molecule has 1 amide bonds. The van der Waals surface area contributed by atoms with E-state index in [0.29, 0.717) is 36.3 Å². The lowest BCUT2D eigenvalue weighted by Crippen LogP contribution is -2.50. The van der Waals surface area contributed by atoms with Crippen molar-refractivity contribution in [2.24, 2.45) is 0 Å². The average Bonchev–Trinajstić information content (AvgIpc) is 3.24. The number of thiazole rings is 1. The predicted octanol–water partition coefficient (Wildman–Crippen LogP) is 4.03. The fourth-order valence-electron chi connectivity index (χ4n) is 3.61. The second-order valence-electron chi connectivity index (χ2n) is 8.02. The van der Waals surface area contributed by atoms with Gasteiger partial charge in [-0.2, -0.15) is 4.31 Å². The van der Waals surface area contributed by atoms with Crippen molar-refractivity contribution in [1.29, 1.82) is 0 Å². The summed E-state index contributed by atoms with van der Waals surface area (Å²) in [5, 5.41) is 5.84. The summed E-state index contributed by atoms with van der Waals surface area (Å²) >= 11 is 7.25. The summed E-state index contributed by atoms with van der Waals surface area (Å²) < 4.78 is 27.1. The Morgan fingerprint density at radius 2 is 1.76 bits per heavy atom. The van der Waals surface area contributed by atoms with Crippen molar-refractivity contribution in [3.63, 3.8) is 0 Å². The Balaban J connectivity index is 1.30. The number of hydrogen-bond donors (Lipinski definition) is 1. The van der Waals surface area contributed by atoms with Gasteiger partial charge in [0.1, 0.15) is 0 Å². The summed E-state index contributed by atoms with van der Waals surface area (Å²) in [7, 11) is -3.57. The number of amides is 1. The van der Waals surface area contributed by atoms with Crippen molar-refractivity contribution in [2.75, 3.05) is 38.0 Å². The molecule has 0 saturated carbocycles. The molecule has 0 unspecified atom stereocenters. The van der Waals surface area contributed by atoms with E-state index in [-0.39, 0.29) is 17.3 Å². The zero-order valence-electron chi connectivity index (χ0n) is 18.4. The van der Waals surface area contributed by atoms with Crippen LogP contribution in [0.4, 0.5) is 5.13 Å². The molecule has 1 aliphatic heterocycles. The average molecular weight is 505 g/mol. The Labute approximate surface area is 203 Å². The van der Waals surface area contributed by atoms with Gasteiger partial charge >= 0.3 is 0 Å². The van der Waals surface area contributed by atoms with Crippen molar-refractivity contribution in [2.45, 2.75) is 18.7 Å². The highest BCUT2D eigenvalue weighted by atomic mass is 35.5. The molecule has 1 aromatic heterocycles. The van der Waals surface area contributed by atoms with Gasteiger partial charge in [0.2, 0.25) is 15.9 Å². The van der Waals surface area contributed by atoms with Gasteiger partial charge in [-0.15, -0.1) is 11.3 Å². The monoisotopic (exact) mass is 504 g/mol. The van der Waals surface area contributed by atoms with Gasteiger partial charge in [-0.05, 0) is 55.3 Å². The summed E-state index contributed by atoms with van der Waals surface area (Å²) in [4.78, 5) is 19.2. The van der Waals surface area contributed by atoms with Crippen LogP contribution < -0.4 is 5.32 Å². The van der Waals surface area contributed by atoms with Crippen molar-refractivity contribution >= 4 is 44.0 Å². The predicted molar refractivity (Wildman–Crippen MR) is 132 cm³/mol. The fraction of sp³-hybridized carbons (Fsp3) is 0.304. The first-order chi connectivity index (χ1) is 15.7. The number of aryl methyl sites for hydroxylation is 2. The maximum atomic E-state index is 12.8. The standard InChI is InChI=1S/C23H25ClN4O3S2/c1-16-3-4-18(13-17(16)2)21-15-32-23(25-21)26-22(29)14-27-9-11-28(12-10-27)33(30,31)20-7-5-19(24)6-8-20/h3-8,13,15H,9-12,14H2,1-2H3,(H,25,26,29). The van der Waals surface area contributed by atoms with E-state index in [9.17, 15) is 13.2 Å². The largest absolute Gasteiger partial charge is 0.301 e. The van der Waals surface area contributed by atoms with Crippen molar-refractivity contribution in [1.82, 2.24) is 14.2 Å². The summed E-state index contributed by atoms with van der Waals surface area (Å²) in [6.45, 7) is 5.93. The van der Waals surface area contributed by atoms with E-state index in [4.69, 9.17) is 11.6 Å². The first-order valence-corrected chi connectivity index (χ1v) is 13.2. The van der Waals surface area contributed by atoms with Crippen molar-refractivity contribution < 1.29 is 13.2 Å². The molecule has 0 spiro atoms. The molecule has 4 rings (SSSR count). The SMILES string of the molecule is Cc1ccc(-c2csc(NC(=O)CN3CCN(S(=O)(=O)c4ccc(Cl)cc4)CC3)n2)cc1C. The molecule has 1 fully saturated rings. The van der Waals surface area contributed by atoms with Gasteiger partial charge in [0.15, 0.2) is 5.13 Å². The van der Waals surface area contributed by atoms with E-state index < -0.39 is 10.0 Å². The number of nitrogens with zero attached hydrogens (tertiary/aromatic N) is 3. The molecule has 1 aliphatic rings. The first-order valence-electron chi connectivity index (χ1n) is 10.5. The minimum Gasteiger partial charge on any atom is -0.301 e. The summed E-state index contributed by atoms with van der Waals surface area (Å²) in [6, 6.07) is 12.3. The van der Waals surface area contributed by atoms with Crippen LogP contribution in [0.1, 0.15) is 11.1 Å². The third kappa shape index (κ3) is 5.62. The number of anilines is 1. The Bertz CT molecular complexity index is 1250. The number of nitrogens with one attached hydrogen (secondary N) is 1. The van der Waals surface area contributed by atoms with Crippen LogP contribution in [0.2, 0.25) is 5.02 Å². The van der Waals surface area contributed by atoms with Gasteiger partial charge in [0, 0.05) is 42.1 Å². The third-order valence-electron chi connectivity index (χ3n) is 5.70. The van der Waals surface area contributed by atoms with Gasteiger partial charge in [0.25, 0.3) is 0 Å². The number of halogens is 1. The molecular weight excluding hydrogens is 480 g/mol. The topological polar surface area (TPSA) is 82.6 Å². The molecule has 0 aliphatic carbocycles. The van der Waals surface area contributed by atoms with Crippen LogP contribution >= 0.6 is 22.9 Å². The molecule has 33 heavy (non-hydrogen) atoms. The number of carbonyl (C=O) groups excluding carboxylic acids is 1. The second-order valence-corrected chi connectivity index (χ2v) is 11.3. The van der Waals surface area contributed by atoms with E-state index in [0.717, 1.165) is 11.3 Å². The highest BCUT2D eigenvalue weighted by Gasteiger charge is 2.29. The number of rotatable bonds is 6. The summed E-state index contributed by atoms with van der Waals surface area (Å²) in [5.74, 6) is -0.162. The zero-order valence-corrected chi connectivity index (χ0v) is 20.8. The number of aromatic nitrogens is 1. The molecule has 0 atom stereocenters. The molecule has 174 valence electrons. The molecular formula is C23H25ClN4O3S2. The lowest BCUT2D eigenvalue weighted by atomic mass is 10.1. The number of hydrogen-bond acceptors (Lipinski definition) is 6. The Morgan fingerprint density at radius 3 is 2.42 bits per heavy atom. The van der Waals surface area contributed by atoms with Crippen LogP contribution in [0.25, 0.3) is 11.3 Å². The minimum atomic E-state index is -3.57. The number of carbonyl (C=O) groups is 1. The highest BCUT2D eigenvalue weighted by Crippen LogP contribution is 2.26. The summed E-state index contributed by atoms with van der Waals surface area (Å²) in [5.41, 5.74) is 4.28. The smallest absolute Gasteiger partial charge is 0.243 e. The normalized spacial score (nSPS) is 15.5. The number of sulfonamides is 1. The quantitative estimate of drug-likeness (QED) is 0.548. The van der Waals surface area contributed by atoms with Crippen LogP contribution in [0.3, 0.4) is 0 Å². The Kier molecular flexibility index (Phi) is 7.16. The van der Waals surface area contributed by atoms with Crippen LogP contribution in [0.15, 0.2) is 52.7 Å². The van der Waals surface area contributed by atoms with E-state index in [2.05, 4.69) is 36.3 Å². The van der Waals surface area contributed by atoms with Gasteiger partial charge in [-0.25, -0.2) is 13.4 Å². The van der Waals surface area contributed by atoms with Gasteiger partial charge in [-0.1, -0.05) is 23.7 Å². The molecule has 1 N–H and O–H groups in total. The van der Waals surface area contributed by atoms with Crippen molar-refractivity contribution in [3.05, 3.63) is 64.0 Å². The molecule has 0 bridgehead atoms. The van der Waals surface area contributed by atoms with Crippen LogP contribution in [-0.4, -0.2) is 61.2 Å². The number of piperazine rings is 1. The maximum Gasteiger partial charge on any atom is 0.243 e. The van der Waals surface area contributed by atoms with E-state index in [1.165, 1.54) is 38.9 Å². The Morgan fingerprint density at radius 1 is 1.06 bits per heavy atom. The summed E-state index contributed by atoms with van der Waals surface area (Å²) in [6.07, 6.45) is 0. The third-order valence-corrected chi connectivity index (χ3v) is 8.63. The number of benzene rings is 2. The first kappa shape index (κ1) is 23.8. The van der Waals surface area contributed by atoms with Crippen LogP contribution in [0.5, 0.6) is 0 Å². The van der Waals surface area contributed by atoms with Crippen LogP contribution in [-0.2, 0) is 14.8 Å². The molecule has 2 heterocycles. The van der Waals surface area contributed by atoms with Gasteiger partial charge in [-0.3, -0.25) is 9.69 Å². The maximum absolute atomic E-state index is 12.8. The van der Waals surface area contributed by atoms with E-state index in [1.807, 2.05) is 16.3 Å². The van der Waals surface area contributed by atoms with Gasteiger partial charge in [0.05, 0.1) is 17.1 Å². The molecule has 3 aromatic rings. The molecule has 10 heteroatoms. The molecule has 1 saturated heterocycles. The minimum absolute atomic E-state index is 0.162. The highest BCUT2D eigenvalue weighted by molar-refractivity contribution is 7.89. The fourth-order valence-corrected chi connectivity index (χ4v) is 5.89. The van der Waals surface area contributed by atoms with Crippen LogP contribution in [0, 0.1) is 13.8 Å². The Hall–Kier alpha value is -2.30.